The van der Waals surface area contributed by atoms with E-state index in [0.717, 1.165) is 10.5 Å². The molecule has 1 aliphatic rings. The molecule has 1 saturated carbocycles. The topological polar surface area (TPSA) is 37.3 Å². The Bertz CT molecular complexity index is 409. The molecule has 0 amide bonds. The summed E-state index contributed by atoms with van der Waals surface area (Å²) in [5.74, 6) is -0.813. The molecule has 3 heteroatoms. The molecule has 1 N–H and O–H groups in total. The summed E-state index contributed by atoms with van der Waals surface area (Å²) in [6, 6.07) is 5.53. The van der Waals surface area contributed by atoms with E-state index in [2.05, 4.69) is 0 Å². The van der Waals surface area contributed by atoms with Crippen LogP contribution in [0.3, 0.4) is 0 Å². The summed E-state index contributed by atoms with van der Waals surface area (Å²) < 4.78 is 0. The number of hydrogen-bond acceptors (Lipinski definition) is 2. The number of benzene rings is 1. The van der Waals surface area contributed by atoms with Gasteiger partial charge in [-0.25, -0.2) is 4.79 Å². The molecule has 1 aromatic carbocycles. The van der Waals surface area contributed by atoms with Crippen molar-refractivity contribution in [2.45, 2.75) is 49.2 Å². The molecule has 0 unspecified atom stereocenters. The van der Waals surface area contributed by atoms with E-state index in [4.69, 9.17) is 0 Å². The van der Waals surface area contributed by atoms with Gasteiger partial charge in [-0.1, -0.05) is 31.4 Å². The van der Waals surface area contributed by atoms with Gasteiger partial charge >= 0.3 is 5.97 Å². The Morgan fingerprint density at radius 3 is 2.65 bits per heavy atom. The Hall–Kier alpha value is -0.960. The average molecular weight is 250 g/mol. The number of carbonyl (C=O) groups is 1. The molecule has 2 rings (SSSR count). The molecule has 2 nitrogen and oxygen atoms in total. The fourth-order valence-corrected chi connectivity index (χ4v) is 3.77. The van der Waals surface area contributed by atoms with Crippen LogP contribution in [0.2, 0.25) is 0 Å². The molecule has 1 fully saturated rings. The van der Waals surface area contributed by atoms with Crippen LogP contribution in [0.5, 0.6) is 0 Å². The summed E-state index contributed by atoms with van der Waals surface area (Å²) in [5, 5.41) is 9.81. The zero-order valence-corrected chi connectivity index (χ0v) is 10.9. The van der Waals surface area contributed by atoms with Gasteiger partial charge in [-0.3, -0.25) is 0 Å². The lowest BCUT2D eigenvalue weighted by Gasteiger charge is -2.22. The minimum atomic E-state index is -0.813. The second-order valence-corrected chi connectivity index (χ2v) is 5.95. The van der Waals surface area contributed by atoms with Gasteiger partial charge in [0, 0.05) is 10.1 Å². The number of thioether (sulfide) groups is 1. The van der Waals surface area contributed by atoms with Crippen molar-refractivity contribution in [3.63, 3.8) is 0 Å². The van der Waals surface area contributed by atoms with Crippen molar-refractivity contribution >= 4 is 17.7 Å². The molecule has 0 bridgehead atoms. The molecule has 0 saturated heterocycles. The maximum absolute atomic E-state index is 11.2. The van der Waals surface area contributed by atoms with E-state index in [1.54, 1.807) is 17.8 Å². The van der Waals surface area contributed by atoms with Crippen molar-refractivity contribution in [2.24, 2.45) is 0 Å². The zero-order valence-electron chi connectivity index (χ0n) is 10.1. The highest BCUT2D eigenvalue weighted by molar-refractivity contribution is 8.00. The third-order valence-electron chi connectivity index (χ3n) is 3.28. The minimum absolute atomic E-state index is 0.459. The molecule has 1 aliphatic carbocycles. The predicted octanol–water partition coefficient (Wildman–Crippen LogP) is 4.12. The van der Waals surface area contributed by atoms with Crippen LogP contribution in [-0.2, 0) is 0 Å². The van der Waals surface area contributed by atoms with Crippen molar-refractivity contribution in [3.05, 3.63) is 29.3 Å². The van der Waals surface area contributed by atoms with E-state index in [-0.39, 0.29) is 0 Å². The largest absolute Gasteiger partial charge is 0.478 e. The molecule has 0 aliphatic heterocycles. The molecular formula is C14H18O2S. The van der Waals surface area contributed by atoms with Gasteiger partial charge in [-0.2, -0.15) is 0 Å². The van der Waals surface area contributed by atoms with Crippen LogP contribution in [0.4, 0.5) is 0 Å². The van der Waals surface area contributed by atoms with Crippen molar-refractivity contribution in [3.8, 4) is 0 Å². The first kappa shape index (κ1) is 12.5. The van der Waals surface area contributed by atoms with Gasteiger partial charge in [0.05, 0.1) is 5.56 Å². The summed E-state index contributed by atoms with van der Waals surface area (Å²) >= 11 is 1.77. The van der Waals surface area contributed by atoms with Gasteiger partial charge in [0.2, 0.25) is 0 Å². The fourth-order valence-electron chi connectivity index (χ4n) is 2.33. The summed E-state index contributed by atoms with van der Waals surface area (Å²) in [6.45, 7) is 2.00. The summed E-state index contributed by atoms with van der Waals surface area (Å²) in [6.07, 6.45) is 6.34. The SMILES string of the molecule is Cc1cccc(C(=O)O)c1SC1CCCCC1. The molecular weight excluding hydrogens is 232 g/mol. The van der Waals surface area contributed by atoms with Crippen LogP contribution in [0.25, 0.3) is 0 Å². The third-order valence-corrected chi connectivity index (χ3v) is 4.86. The van der Waals surface area contributed by atoms with Crippen molar-refractivity contribution in [2.75, 3.05) is 0 Å². The lowest BCUT2D eigenvalue weighted by Crippen LogP contribution is -2.10. The first-order valence-electron chi connectivity index (χ1n) is 6.18. The van der Waals surface area contributed by atoms with Crippen LogP contribution in [0.15, 0.2) is 23.1 Å². The Morgan fingerprint density at radius 2 is 2.00 bits per heavy atom. The van der Waals surface area contributed by atoms with E-state index in [9.17, 15) is 9.90 Å². The molecule has 1 aromatic rings. The van der Waals surface area contributed by atoms with Gasteiger partial charge < -0.3 is 5.11 Å². The van der Waals surface area contributed by atoms with Gasteiger partial charge in [0.1, 0.15) is 0 Å². The second kappa shape index (κ2) is 5.58. The second-order valence-electron chi connectivity index (χ2n) is 4.63. The molecule has 0 radical (unpaired) electrons. The quantitative estimate of drug-likeness (QED) is 0.876. The number of aryl methyl sites for hydroxylation is 1. The number of rotatable bonds is 3. The maximum Gasteiger partial charge on any atom is 0.336 e. The van der Waals surface area contributed by atoms with Gasteiger partial charge in [0.25, 0.3) is 0 Å². The number of carboxylic acid groups (broad SMARTS) is 1. The molecule has 0 spiro atoms. The van der Waals surface area contributed by atoms with Crippen molar-refractivity contribution < 1.29 is 9.90 Å². The lowest BCUT2D eigenvalue weighted by atomic mass is 10.0. The molecule has 0 atom stereocenters. The van der Waals surface area contributed by atoms with Gasteiger partial charge in [0.15, 0.2) is 0 Å². The number of carboxylic acids is 1. The lowest BCUT2D eigenvalue weighted by molar-refractivity contribution is 0.0693. The third kappa shape index (κ3) is 3.03. The van der Waals surface area contributed by atoms with Gasteiger partial charge in [-0.15, -0.1) is 11.8 Å². The van der Waals surface area contributed by atoms with E-state index >= 15 is 0 Å². The first-order valence-corrected chi connectivity index (χ1v) is 7.06. The Morgan fingerprint density at radius 1 is 1.29 bits per heavy atom. The molecule has 17 heavy (non-hydrogen) atoms. The zero-order chi connectivity index (χ0) is 12.3. The van der Waals surface area contributed by atoms with Crippen LogP contribution in [0, 0.1) is 6.92 Å². The molecule has 0 heterocycles. The molecule has 92 valence electrons. The Labute approximate surface area is 106 Å². The number of aromatic carboxylic acids is 1. The van der Waals surface area contributed by atoms with E-state index in [1.807, 2.05) is 19.1 Å². The van der Waals surface area contributed by atoms with Crippen LogP contribution in [-0.4, -0.2) is 16.3 Å². The highest BCUT2D eigenvalue weighted by Crippen LogP contribution is 2.36. The Balaban J connectivity index is 2.21. The highest BCUT2D eigenvalue weighted by atomic mass is 32.2. The standard InChI is InChI=1S/C14H18O2S/c1-10-6-5-9-12(14(15)16)13(10)17-11-7-3-2-4-8-11/h5-6,9,11H,2-4,7-8H2,1H3,(H,15,16). The first-order chi connectivity index (χ1) is 8.18. The smallest absolute Gasteiger partial charge is 0.336 e. The van der Waals surface area contributed by atoms with Crippen molar-refractivity contribution in [1.29, 1.82) is 0 Å². The normalized spacial score (nSPS) is 17.0. The number of hydrogen-bond donors (Lipinski definition) is 1. The minimum Gasteiger partial charge on any atom is -0.478 e. The maximum atomic E-state index is 11.2. The van der Waals surface area contributed by atoms with E-state index in [1.165, 1.54) is 32.1 Å². The van der Waals surface area contributed by atoms with Gasteiger partial charge in [-0.05, 0) is 31.4 Å². The van der Waals surface area contributed by atoms with E-state index in [0.29, 0.717) is 10.8 Å². The average Bonchev–Trinajstić information content (AvgIpc) is 2.33. The fraction of sp³-hybridized carbons (Fsp3) is 0.500. The van der Waals surface area contributed by atoms with Crippen LogP contribution in [0.1, 0.15) is 48.0 Å². The summed E-state index contributed by atoms with van der Waals surface area (Å²) in [5.41, 5.74) is 1.54. The molecule has 0 aromatic heterocycles. The van der Waals surface area contributed by atoms with E-state index < -0.39 is 5.97 Å². The predicted molar refractivity (Wildman–Crippen MR) is 70.9 cm³/mol. The monoisotopic (exact) mass is 250 g/mol. The highest BCUT2D eigenvalue weighted by Gasteiger charge is 2.19. The Kier molecular flexibility index (Phi) is 4.11. The van der Waals surface area contributed by atoms with Crippen LogP contribution >= 0.6 is 11.8 Å². The van der Waals surface area contributed by atoms with Crippen molar-refractivity contribution in [1.82, 2.24) is 0 Å². The summed E-state index contributed by atoms with van der Waals surface area (Å²) in [4.78, 5) is 12.2. The van der Waals surface area contributed by atoms with Crippen LogP contribution < -0.4 is 0 Å². The summed E-state index contributed by atoms with van der Waals surface area (Å²) in [7, 11) is 0.